The molecule has 10 heteroatoms. The fourth-order valence-corrected chi connectivity index (χ4v) is 8.69. The van der Waals surface area contributed by atoms with Crippen molar-refractivity contribution in [3.05, 3.63) is 100.0 Å². The van der Waals surface area contributed by atoms with E-state index < -0.39 is 21.8 Å². The Morgan fingerprint density at radius 2 is 1.89 bits per heavy atom. The third-order valence-electron chi connectivity index (χ3n) is 8.54. The molecule has 2 N–H and O–H groups in total. The first-order valence-electron chi connectivity index (χ1n) is 14.8. The van der Waals surface area contributed by atoms with Gasteiger partial charge in [-0.05, 0) is 92.9 Å². The molecule has 0 unspecified atom stereocenters. The van der Waals surface area contributed by atoms with E-state index in [0.717, 1.165) is 11.1 Å². The number of carbonyl (C=O) groups is 1. The predicted octanol–water partition coefficient (Wildman–Crippen LogP) is 7.37. The second kappa shape index (κ2) is 12.2. The molecule has 2 aromatic heterocycles. The summed E-state index contributed by atoms with van der Waals surface area (Å²) in [5, 5.41) is 25.2. The first-order chi connectivity index (χ1) is 21.6. The maximum absolute atomic E-state index is 14.8. The number of hydrogen-bond acceptors (Lipinski definition) is 6. The van der Waals surface area contributed by atoms with Crippen molar-refractivity contribution in [1.82, 2.24) is 9.29 Å². The number of nitrogens with zero attached hydrogens (tertiary/aromatic N) is 2. The summed E-state index contributed by atoms with van der Waals surface area (Å²) in [4.78, 5) is 12.2. The average molecular weight is 642 g/mol. The number of nitriles is 1. The highest BCUT2D eigenvalue weighted by atomic mass is 32.2. The van der Waals surface area contributed by atoms with Crippen LogP contribution in [-0.2, 0) is 21.2 Å². The summed E-state index contributed by atoms with van der Waals surface area (Å²) in [7, 11) is -4.18. The average Bonchev–Trinajstić information content (AvgIpc) is 3.62. The van der Waals surface area contributed by atoms with Crippen molar-refractivity contribution >= 4 is 38.2 Å². The molecule has 7 nitrogen and oxygen atoms in total. The molecule has 6 rings (SSSR count). The molecule has 1 aliphatic heterocycles. The van der Waals surface area contributed by atoms with Crippen LogP contribution in [0.5, 0.6) is 0 Å². The van der Waals surface area contributed by atoms with Crippen LogP contribution in [0.15, 0.2) is 83.1 Å². The van der Waals surface area contributed by atoms with Crippen LogP contribution < -0.4 is 5.32 Å². The Balaban J connectivity index is 1.53. The van der Waals surface area contributed by atoms with Crippen LogP contribution in [0.1, 0.15) is 42.2 Å². The number of aliphatic carboxylic acids is 1. The molecule has 5 aromatic rings. The molecular weight excluding hydrogens is 610 g/mol. The number of benzene rings is 3. The first kappa shape index (κ1) is 30.7. The van der Waals surface area contributed by atoms with Crippen molar-refractivity contribution in [2.75, 3.05) is 0 Å². The number of rotatable bonds is 8. The predicted molar refractivity (Wildman–Crippen MR) is 174 cm³/mol. The SMILES string of the molecule is Cc1ccc(S(=O)(=O)n2c(-c3cccc(CC[C@H]4C[C@@H](C(=O)O)C[C@@H](C)N4)c3)c(-c3ccsc3C#N)c3cc(F)ccc32)cc1. The van der Waals surface area contributed by atoms with E-state index >= 15 is 0 Å². The van der Waals surface area contributed by atoms with Crippen molar-refractivity contribution in [2.24, 2.45) is 5.92 Å². The Morgan fingerprint density at radius 1 is 1.11 bits per heavy atom. The minimum absolute atomic E-state index is 0.0365. The topological polar surface area (TPSA) is 112 Å². The molecular formula is C35H32FN3O4S2. The molecule has 45 heavy (non-hydrogen) atoms. The molecule has 3 heterocycles. The lowest BCUT2D eigenvalue weighted by Gasteiger charge is -2.33. The second-order valence-corrected chi connectivity index (χ2v) is 14.5. The van der Waals surface area contributed by atoms with Crippen LogP contribution in [-0.4, -0.2) is 35.5 Å². The smallest absolute Gasteiger partial charge is 0.306 e. The van der Waals surface area contributed by atoms with Crippen LogP contribution >= 0.6 is 11.3 Å². The minimum atomic E-state index is -4.18. The molecule has 0 radical (unpaired) electrons. The third kappa shape index (κ3) is 5.91. The van der Waals surface area contributed by atoms with Crippen LogP contribution in [0.2, 0.25) is 0 Å². The molecule has 1 fully saturated rings. The van der Waals surface area contributed by atoms with Crippen molar-refractivity contribution < 1.29 is 22.7 Å². The largest absolute Gasteiger partial charge is 0.481 e. The zero-order valence-electron chi connectivity index (χ0n) is 24.8. The molecule has 0 spiro atoms. The minimum Gasteiger partial charge on any atom is -0.481 e. The first-order valence-corrected chi connectivity index (χ1v) is 17.1. The lowest BCUT2D eigenvalue weighted by Crippen LogP contribution is -2.46. The Hall–Kier alpha value is -4.30. The zero-order valence-corrected chi connectivity index (χ0v) is 26.5. The number of halogens is 1. The fourth-order valence-electron chi connectivity index (χ4n) is 6.45. The summed E-state index contributed by atoms with van der Waals surface area (Å²) in [6.07, 6.45) is 2.50. The van der Waals surface area contributed by atoms with E-state index in [1.165, 1.54) is 33.5 Å². The van der Waals surface area contributed by atoms with Crippen LogP contribution in [0.25, 0.3) is 33.3 Å². The number of fused-ring (bicyclic) bond motifs is 1. The summed E-state index contributed by atoms with van der Waals surface area (Å²) in [6.45, 7) is 3.88. The number of aryl methyl sites for hydroxylation is 2. The summed E-state index contributed by atoms with van der Waals surface area (Å²) in [5.74, 6) is -1.67. The van der Waals surface area contributed by atoms with E-state index in [-0.39, 0.29) is 22.9 Å². The van der Waals surface area contributed by atoms with Gasteiger partial charge in [0.2, 0.25) is 0 Å². The normalized spacial score (nSPS) is 18.6. The van der Waals surface area contributed by atoms with E-state index in [1.807, 2.05) is 38.1 Å². The lowest BCUT2D eigenvalue weighted by molar-refractivity contribution is -0.143. The Morgan fingerprint density at radius 3 is 2.62 bits per heavy atom. The van der Waals surface area contributed by atoms with Gasteiger partial charge in [-0.2, -0.15) is 5.26 Å². The Kier molecular flexibility index (Phi) is 8.35. The van der Waals surface area contributed by atoms with Gasteiger partial charge in [0.05, 0.1) is 22.0 Å². The van der Waals surface area contributed by atoms with Crippen molar-refractivity contribution in [3.8, 4) is 28.5 Å². The highest BCUT2D eigenvalue weighted by Gasteiger charge is 2.32. The van der Waals surface area contributed by atoms with E-state index in [2.05, 4.69) is 11.4 Å². The summed E-state index contributed by atoms with van der Waals surface area (Å²) >= 11 is 1.24. The molecule has 0 aliphatic carbocycles. The number of aromatic nitrogens is 1. The van der Waals surface area contributed by atoms with E-state index in [4.69, 9.17) is 0 Å². The highest BCUT2D eigenvalue weighted by molar-refractivity contribution is 7.90. The van der Waals surface area contributed by atoms with Gasteiger partial charge in [-0.3, -0.25) is 4.79 Å². The summed E-state index contributed by atoms with van der Waals surface area (Å²) in [5.41, 5.74) is 4.14. The number of nitrogens with one attached hydrogen (secondary N) is 1. The van der Waals surface area contributed by atoms with Gasteiger partial charge < -0.3 is 10.4 Å². The second-order valence-electron chi connectivity index (χ2n) is 11.8. The summed E-state index contributed by atoms with van der Waals surface area (Å²) in [6, 6.07) is 22.4. The number of thiophene rings is 1. The number of hydrogen-bond donors (Lipinski definition) is 2. The van der Waals surface area contributed by atoms with Crippen LogP contribution in [0, 0.1) is 30.0 Å². The molecule has 0 amide bonds. The Labute approximate surface area is 265 Å². The van der Waals surface area contributed by atoms with Gasteiger partial charge in [0.1, 0.15) is 16.8 Å². The van der Waals surface area contributed by atoms with Gasteiger partial charge in [-0.1, -0.05) is 35.9 Å². The van der Waals surface area contributed by atoms with Crippen molar-refractivity contribution in [3.63, 3.8) is 0 Å². The monoisotopic (exact) mass is 641 g/mol. The maximum Gasteiger partial charge on any atom is 0.306 e. The Bertz CT molecular complexity index is 2060. The molecule has 0 saturated carbocycles. The third-order valence-corrected chi connectivity index (χ3v) is 11.1. The van der Waals surface area contributed by atoms with E-state index in [0.29, 0.717) is 63.8 Å². The quantitative estimate of drug-likeness (QED) is 0.183. The number of carboxylic acids is 1. The van der Waals surface area contributed by atoms with Gasteiger partial charge in [-0.25, -0.2) is 16.8 Å². The van der Waals surface area contributed by atoms with E-state index in [1.54, 1.807) is 35.7 Å². The molecule has 3 atom stereocenters. The fraction of sp³-hybridized carbons (Fsp3) is 0.257. The van der Waals surface area contributed by atoms with Crippen LogP contribution in [0.4, 0.5) is 4.39 Å². The number of carboxylic acid groups (broad SMARTS) is 1. The molecule has 0 bridgehead atoms. The van der Waals surface area contributed by atoms with Crippen molar-refractivity contribution in [1.29, 1.82) is 5.26 Å². The maximum atomic E-state index is 14.8. The zero-order chi connectivity index (χ0) is 31.9. The van der Waals surface area contributed by atoms with Crippen molar-refractivity contribution in [2.45, 2.75) is 56.5 Å². The standard InChI is InChI=1S/C35H32FN3O4S2/c1-21-6-11-28(12-7-21)45(42,43)39-31-13-9-26(36)19-30(31)33(29-14-15-44-32(29)20-37)34(39)24-5-3-4-23(17-24)8-10-27-18-25(35(40)41)16-22(2)38-27/h3-7,9,11-15,17,19,22,25,27,38H,8,10,16,18H2,1-2H3,(H,40,41)/t22-,25+,27+/m1/s1. The molecule has 3 aromatic carbocycles. The van der Waals surface area contributed by atoms with Gasteiger partial charge in [0, 0.05) is 34.2 Å². The number of piperidine rings is 1. The summed E-state index contributed by atoms with van der Waals surface area (Å²) < 4.78 is 45.0. The molecule has 1 aliphatic rings. The van der Waals surface area contributed by atoms with E-state index in [9.17, 15) is 28.0 Å². The lowest BCUT2D eigenvalue weighted by atomic mass is 9.86. The van der Waals surface area contributed by atoms with Gasteiger partial charge in [0.25, 0.3) is 10.0 Å². The van der Waals surface area contributed by atoms with Crippen LogP contribution in [0.3, 0.4) is 0 Å². The van der Waals surface area contributed by atoms with Gasteiger partial charge >= 0.3 is 5.97 Å². The molecule has 230 valence electrons. The van der Waals surface area contributed by atoms with Gasteiger partial charge in [-0.15, -0.1) is 11.3 Å². The molecule has 1 saturated heterocycles. The van der Waals surface area contributed by atoms with Gasteiger partial charge in [0.15, 0.2) is 0 Å². The highest BCUT2D eigenvalue weighted by Crippen LogP contribution is 2.45.